The molecule has 0 bridgehead atoms. The van der Waals surface area contributed by atoms with Gasteiger partial charge in [0, 0.05) is 140 Å². The van der Waals surface area contributed by atoms with Gasteiger partial charge in [0.05, 0.1) is 23.2 Å². The number of nitrogens with zero attached hydrogens (tertiary/aromatic N) is 9. The Morgan fingerprint density at radius 2 is 0.764 bits per heavy atom. The van der Waals surface area contributed by atoms with Crippen LogP contribution in [0.25, 0.3) is 41.6 Å². The van der Waals surface area contributed by atoms with Crippen LogP contribution in [-0.2, 0) is 20.0 Å². The molecule has 0 radical (unpaired) electrons. The summed E-state index contributed by atoms with van der Waals surface area (Å²) in [6.45, 7) is 39.7. The molecule has 21 heteroatoms. The molecule has 123 heavy (non-hydrogen) atoms. The van der Waals surface area contributed by atoms with Crippen LogP contribution < -0.4 is 24.5 Å². The first-order chi connectivity index (χ1) is 59.1. The second kappa shape index (κ2) is 42.0. The molecule has 0 saturated heterocycles. The van der Waals surface area contributed by atoms with Crippen molar-refractivity contribution in [3.63, 3.8) is 0 Å². The van der Waals surface area contributed by atoms with E-state index in [1.54, 1.807) is 26.8 Å². The van der Waals surface area contributed by atoms with Crippen molar-refractivity contribution in [3.8, 4) is 22.3 Å². The lowest BCUT2D eigenvalue weighted by Gasteiger charge is -2.29. The van der Waals surface area contributed by atoms with E-state index < -0.39 is 25.6 Å². The van der Waals surface area contributed by atoms with E-state index in [2.05, 4.69) is 320 Å². The molecule has 0 N–H and O–H groups in total. The number of benzene rings is 11. The second-order valence-corrected chi connectivity index (χ2v) is 35.0. The number of allylic oxidation sites excluding steroid dienone is 5. The Balaban J connectivity index is 0.000000183. The molecular formula is C102H98F3N9O5S4. The zero-order valence-electron chi connectivity index (χ0n) is 70.5. The number of anilines is 10. The van der Waals surface area contributed by atoms with Gasteiger partial charge in [0.1, 0.15) is 10.0 Å². The fraction of sp³-hybridized carbons (Fsp3) is 0.176. The van der Waals surface area contributed by atoms with Gasteiger partial charge in [0.25, 0.3) is 0 Å². The van der Waals surface area contributed by atoms with Crippen LogP contribution >= 0.6 is 22.7 Å². The van der Waals surface area contributed by atoms with E-state index in [0.29, 0.717) is 28.9 Å². The Hall–Kier alpha value is -13.0. The van der Waals surface area contributed by atoms with Gasteiger partial charge < -0.3 is 28.6 Å². The van der Waals surface area contributed by atoms with E-state index in [1.165, 1.54) is 0 Å². The molecule has 13 aromatic rings. The van der Waals surface area contributed by atoms with Gasteiger partial charge in [0.15, 0.2) is 21.8 Å². The highest BCUT2D eigenvalue weighted by molar-refractivity contribution is 8.12. The summed E-state index contributed by atoms with van der Waals surface area (Å²) < 4.78 is 78.3. The second-order valence-electron chi connectivity index (χ2n) is 29.7. The number of carbonyl (C=O) groups excluding carboxylic acids is 1. The van der Waals surface area contributed by atoms with Crippen molar-refractivity contribution in [2.24, 2.45) is 0 Å². The van der Waals surface area contributed by atoms with Crippen molar-refractivity contribution in [3.05, 3.63) is 399 Å². The quantitative estimate of drug-likeness (QED) is 0.0310. The lowest BCUT2D eigenvalue weighted by atomic mass is 9.91. The molecule has 14 rings (SSSR count). The zero-order valence-corrected chi connectivity index (χ0v) is 73.7. The number of hydrogen-bond donors (Lipinski definition) is 0. The number of alkyl halides is 3. The normalized spacial score (nSPS) is 11.8. The zero-order chi connectivity index (χ0) is 88.0. The topological polar surface area (TPSA) is 127 Å². The third-order valence-corrected chi connectivity index (χ3v) is 24.5. The van der Waals surface area contributed by atoms with Gasteiger partial charge in [-0.05, 0) is 230 Å². The molecule has 626 valence electrons. The molecule has 2 heterocycles. The lowest BCUT2D eigenvalue weighted by Crippen LogP contribution is -2.25. The first-order valence-electron chi connectivity index (χ1n) is 40.4. The van der Waals surface area contributed by atoms with E-state index in [9.17, 15) is 34.8 Å². The predicted octanol–water partition coefficient (Wildman–Crippen LogP) is 28.1. The predicted molar refractivity (Wildman–Crippen MR) is 508 cm³/mol. The smallest absolute Gasteiger partial charge is 0.429 e. The number of carbonyl (C=O) groups is 1. The van der Waals surface area contributed by atoms with E-state index >= 15 is 0 Å². The molecule has 0 fully saturated rings. The maximum Gasteiger partial charge on any atom is 0.480 e. The number of thiophene rings is 2. The number of hydrogen-bond acceptors (Lipinski definition) is 12. The third kappa shape index (κ3) is 22.6. The number of ketones is 1. The van der Waals surface area contributed by atoms with Crippen molar-refractivity contribution >= 4 is 132 Å². The Morgan fingerprint density at radius 1 is 0.431 bits per heavy atom. The molecule has 1 aliphatic rings. The van der Waals surface area contributed by atoms with Crippen LogP contribution in [0.2, 0.25) is 0 Å². The standard InChI is InChI=1S/C50H47N4S.C31H32N2O.C19H16N2S.C2H3F3NO4S2/c1-7-52(41-22-14-9-15-23-41)50-48(51-6)47(38-20-12-8-13-21-38)49(55-50)46(39-28-32-44(33-29-39)53(36(2)3)42-24-16-10-17-25-42)40-30-34-45(35-31-40)54(37(4)5)43-26-18-11-19-27-43;1-23(2)32(27-11-7-5-8-12-27)29-19-15-25(16-20-29)31(34)26-17-21-30(22-18-26)33(24(3)4)28-13-9-6-10-14-28;1-3-21(16-12-8-5-9-13-16)19-18(20-2)17(14-22-19)15-10-6-4-7-11-15;1-11(7,8)6-12(9,10)2(3,4)5/h8-37H,7H2,1-5H3;5-24H,1-4H3;4-14H,3H2,1H3;1H3/q+1;;;-1. The first-order valence-corrected chi connectivity index (χ1v) is 45.4. The Bertz CT molecular complexity index is 6010. The van der Waals surface area contributed by atoms with Gasteiger partial charge in [0.2, 0.25) is 22.8 Å². The van der Waals surface area contributed by atoms with Crippen LogP contribution in [0.15, 0.2) is 351 Å². The minimum absolute atomic E-state index is 0.0321. The Labute approximate surface area is 730 Å². The summed E-state index contributed by atoms with van der Waals surface area (Å²) in [7, 11) is -10.5. The average Bonchev–Trinajstić information content (AvgIpc) is 1.60. The summed E-state index contributed by atoms with van der Waals surface area (Å²) in [5, 5.41) is 4.06. The van der Waals surface area contributed by atoms with Crippen LogP contribution in [0, 0.1) is 13.1 Å². The van der Waals surface area contributed by atoms with Crippen LogP contribution in [0.4, 0.5) is 85.7 Å². The Morgan fingerprint density at radius 3 is 1.10 bits per heavy atom. The number of halogens is 3. The van der Waals surface area contributed by atoms with Crippen molar-refractivity contribution in [2.75, 3.05) is 43.8 Å². The highest BCUT2D eigenvalue weighted by Crippen LogP contribution is 2.55. The molecule has 2 aromatic heterocycles. The highest BCUT2D eigenvalue weighted by atomic mass is 32.3. The van der Waals surface area contributed by atoms with E-state index in [4.69, 9.17) is 13.1 Å². The van der Waals surface area contributed by atoms with Gasteiger partial charge in [-0.2, -0.15) is 17.7 Å². The van der Waals surface area contributed by atoms with Gasteiger partial charge in [-0.25, -0.2) is 26.5 Å². The SMILES string of the molecule is CC(C)N(c1ccccc1)c1ccc(C(=O)c2ccc(N(c3ccccc3)C(C)C)cc2)cc1.CS(=O)(=O)[N-]S(=O)(=O)C(F)(F)F.[C-]#[N+]c1c(-c2ccccc2)csc1N(CC)c1ccccc1.[C-]#[N+]c1c(N(CC)c2ccccc2)sc(C(=C2C=CC(=[N+](c3ccccc3)C(C)C)C=C2)c2ccc(N(c3ccccc3)C(C)C)cc2)c1-c1ccccc1. The van der Waals surface area contributed by atoms with Crippen LogP contribution in [0.3, 0.4) is 0 Å². The molecule has 0 amide bonds. The molecule has 0 aliphatic heterocycles. The summed E-state index contributed by atoms with van der Waals surface area (Å²) >= 11 is 3.34. The van der Waals surface area contributed by atoms with Gasteiger partial charge in [-0.1, -0.05) is 182 Å². The van der Waals surface area contributed by atoms with Crippen LogP contribution in [-0.4, -0.2) is 81.9 Å². The Kier molecular flexibility index (Phi) is 31.0. The first kappa shape index (κ1) is 90.8. The minimum Gasteiger partial charge on any atom is -0.429 e. The van der Waals surface area contributed by atoms with E-state index in [0.717, 1.165) is 130 Å². The van der Waals surface area contributed by atoms with Crippen molar-refractivity contribution in [1.82, 2.24) is 0 Å². The maximum absolute atomic E-state index is 13.2. The van der Waals surface area contributed by atoms with Gasteiger partial charge in [-0.3, -0.25) is 4.79 Å². The number of sulfonamides is 2. The minimum atomic E-state index is -5.92. The van der Waals surface area contributed by atoms with Gasteiger partial charge in [-0.15, -0.1) is 22.7 Å². The maximum atomic E-state index is 13.2. The number of para-hydroxylation sites is 6. The monoisotopic (exact) mass is 1710 g/mol. The van der Waals surface area contributed by atoms with Crippen LogP contribution in [0.1, 0.15) is 95.6 Å². The molecule has 14 nitrogen and oxygen atoms in total. The molecule has 0 saturated carbocycles. The molecule has 0 spiro atoms. The molecule has 0 unspecified atom stereocenters. The fourth-order valence-corrected chi connectivity index (χ4v) is 18.9. The van der Waals surface area contributed by atoms with Gasteiger partial charge >= 0.3 is 5.51 Å². The molecule has 0 atom stereocenters. The molecule has 1 aliphatic carbocycles. The lowest BCUT2D eigenvalue weighted by molar-refractivity contribution is -0.474. The van der Waals surface area contributed by atoms with E-state index in [-0.39, 0.29) is 24.1 Å². The summed E-state index contributed by atoms with van der Waals surface area (Å²) in [4.78, 5) is 33.8. The number of rotatable bonds is 25. The summed E-state index contributed by atoms with van der Waals surface area (Å²) in [6, 6.07) is 109. The van der Waals surface area contributed by atoms with Crippen molar-refractivity contribution in [1.29, 1.82) is 0 Å². The molecular weight excluding hydrogens is 1620 g/mol. The summed E-state index contributed by atoms with van der Waals surface area (Å²) in [5.74, 6) is 0.0321. The summed E-state index contributed by atoms with van der Waals surface area (Å²) in [5.41, 5.74) is 15.7. The largest absolute Gasteiger partial charge is 0.480 e. The summed E-state index contributed by atoms with van der Waals surface area (Å²) in [6.07, 6.45) is 9.22. The fourth-order valence-electron chi connectivity index (χ4n) is 14.6. The average molecular weight is 1720 g/mol. The molecule has 11 aromatic carbocycles. The van der Waals surface area contributed by atoms with Crippen LogP contribution in [0.5, 0.6) is 0 Å². The van der Waals surface area contributed by atoms with Crippen molar-refractivity contribution in [2.45, 2.75) is 98.9 Å². The highest BCUT2D eigenvalue weighted by Gasteiger charge is 2.40. The van der Waals surface area contributed by atoms with E-state index in [1.807, 2.05) is 133 Å². The third-order valence-electron chi connectivity index (χ3n) is 19.9. The van der Waals surface area contributed by atoms with Crippen molar-refractivity contribution < 1.29 is 39.4 Å².